The molecule has 0 amide bonds. The highest BCUT2D eigenvalue weighted by Gasteiger charge is 2.59. The summed E-state index contributed by atoms with van der Waals surface area (Å²) in [6, 6.07) is 1.20. The smallest absolute Gasteiger partial charge is 0.367 e. The van der Waals surface area contributed by atoms with Gasteiger partial charge >= 0.3 is 15.2 Å². The van der Waals surface area contributed by atoms with E-state index in [0.717, 1.165) is 0 Å². The van der Waals surface area contributed by atoms with Crippen molar-refractivity contribution in [2.45, 2.75) is 18.4 Å². The summed E-state index contributed by atoms with van der Waals surface area (Å²) < 4.78 is 26.6. The van der Waals surface area contributed by atoms with E-state index in [1.807, 2.05) is 0 Å². The first-order valence-electron chi connectivity index (χ1n) is 4.23. The van der Waals surface area contributed by atoms with Crippen molar-refractivity contribution >= 4 is 15.2 Å². The highest BCUT2D eigenvalue weighted by atomic mass is 31.2. The van der Waals surface area contributed by atoms with Gasteiger partial charge in [-0.15, -0.1) is 0 Å². The molecule has 11 heteroatoms. The molecule has 0 spiro atoms. The number of aryl methyl sites for hydroxylation is 1. The number of nitrogens with zero attached hydrogens (tertiary/aromatic N) is 1. The quantitative estimate of drug-likeness (QED) is 0.460. The summed E-state index contributed by atoms with van der Waals surface area (Å²) in [5.41, 5.74) is 0.346. The lowest BCUT2D eigenvalue weighted by Crippen LogP contribution is -2.31. The van der Waals surface area contributed by atoms with E-state index < -0.39 is 26.7 Å². The van der Waals surface area contributed by atoms with Crippen LogP contribution in [0.5, 0.6) is 0 Å². The van der Waals surface area contributed by atoms with E-state index in [0.29, 0.717) is 5.69 Å². The molecule has 1 rings (SSSR count). The van der Waals surface area contributed by atoms with Crippen molar-refractivity contribution in [3.63, 3.8) is 0 Å². The van der Waals surface area contributed by atoms with E-state index in [1.165, 1.54) is 13.0 Å². The molecule has 17 heavy (non-hydrogen) atoms. The number of rotatable bonds is 4. The second kappa shape index (κ2) is 4.29. The van der Waals surface area contributed by atoms with Crippen molar-refractivity contribution in [2.75, 3.05) is 0 Å². The summed E-state index contributed by atoms with van der Waals surface area (Å²) in [6.45, 7) is 1.50. The molecule has 9 nitrogen and oxygen atoms in total. The number of aromatic nitrogens is 1. The van der Waals surface area contributed by atoms with Gasteiger partial charge in [-0.2, -0.15) is 0 Å². The maximum atomic E-state index is 11.0. The Kier molecular flexibility index (Phi) is 3.67. The first-order chi connectivity index (χ1) is 7.47. The second-order valence-electron chi connectivity index (χ2n) is 3.47. The molecule has 0 saturated heterocycles. The molecule has 0 unspecified atom stereocenters. The fraction of sp³-hybridized carbons (Fsp3) is 0.500. The lowest BCUT2D eigenvalue weighted by Gasteiger charge is -2.27. The van der Waals surface area contributed by atoms with Crippen LogP contribution in [0.1, 0.15) is 11.5 Å². The predicted octanol–water partition coefficient (Wildman–Crippen LogP) is -0.473. The molecule has 5 N–H and O–H groups in total. The van der Waals surface area contributed by atoms with Crippen molar-refractivity contribution in [1.29, 1.82) is 0 Å². The van der Waals surface area contributed by atoms with E-state index >= 15 is 0 Å². The van der Waals surface area contributed by atoms with Gasteiger partial charge in [-0.25, -0.2) is 0 Å². The Morgan fingerprint density at radius 3 is 2.06 bits per heavy atom. The van der Waals surface area contributed by atoms with Gasteiger partial charge in [0.1, 0.15) is 5.76 Å². The Balaban J connectivity index is 3.19. The van der Waals surface area contributed by atoms with Crippen LogP contribution in [0.25, 0.3) is 0 Å². The van der Waals surface area contributed by atoms with E-state index in [1.54, 1.807) is 0 Å². The van der Waals surface area contributed by atoms with Gasteiger partial charge in [0.15, 0.2) is 0 Å². The predicted molar refractivity (Wildman–Crippen MR) is 54.0 cm³/mol. The van der Waals surface area contributed by atoms with E-state index in [4.69, 9.17) is 19.6 Å². The van der Waals surface area contributed by atoms with E-state index in [-0.39, 0.29) is 5.76 Å². The van der Waals surface area contributed by atoms with Gasteiger partial charge in [-0.1, -0.05) is 5.16 Å². The minimum Gasteiger partial charge on any atom is -0.367 e. The van der Waals surface area contributed by atoms with Crippen LogP contribution >= 0.6 is 15.2 Å². The SMILES string of the molecule is Cc1cc(CC(O)(P(=O)(O)O)P(=O)(O)O)on1. The summed E-state index contributed by atoms with van der Waals surface area (Å²) in [7, 11) is -10.9. The Bertz CT molecular complexity index is 476. The van der Waals surface area contributed by atoms with Crippen molar-refractivity contribution in [1.82, 2.24) is 5.16 Å². The zero-order valence-electron chi connectivity index (χ0n) is 8.59. The fourth-order valence-electron chi connectivity index (χ4n) is 1.11. The molecular weight excluding hydrogens is 276 g/mol. The molecule has 0 aliphatic rings. The van der Waals surface area contributed by atoms with Crippen LogP contribution in [-0.4, -0.2) is 34.9 Å². The third kappa shape index (κ3) is 2.83. The molecule has 1 heterocycles. The van der Waals surface area contributed by atoms with Crippen molar-refractivity contribution < 1.29 is 38.3 Å². The zero-order chi connectivity index (χ0) is 13.5. The van der Waals surface area contributed by atoms with Crippen molar-refractivity contribution in [3.05, 3.63) is 17.5 Å². The third-order valence-corrected chi connectivity index (χ3v) is 5.77. The van der Waals surface area contributed by atoms with Gasteiger partial charge in [0.2, 0.25) is 0 Å². The Hall–Kier alpha value is -0.530. The Morgan fingerprint density at radius 2 is 1.76 bits per heavy atom. The van der Waals surface area contributed by atoms with Gasteiger partial charge in [0.25, 0.3) is 5.08 Å². The van der Waals surface area contributed by atoms with Crippen LogP contribution in [0.3, 0.4) is 0 Å². The van der Waals surface area contributed by atoms with Gasteiger partial charge < -0.3 is 29.2 Å². The fourth-order valence-corrected chi connectivity index (χ4v) is 3.19. The van der Waals surface area contributed by atoms with Gasteiger partial charge in [-0.05, 0) is 6.92 Å². The molecule has 0 saturated carbocycles. The van der Waals surface area contributed by atoms with Crippen LogP contribution in [0, 0.1) is 6.92 Å². The molecule has 0 radical (unpaired) electrons. The first-order valence-corrected chi connectivity index (χ1v) is 7.46. The second-order valence-corrected chi connectivity index (χ2v) is 7.48. The molecule has 0 aliphatic carbocycles. The summed E-state index contributed by atoms with van der Waals surface area (Å²) in [5, 5.41) is 9.40. The topological polar surface area (TPSA) is 161 Å². The van der Waals surface area contributed by atoms with Gasteiger partial charge in [-0.3, -0.25) is 9.13 Å². The minimum absolute atomic E-state index is 0.239. The summed E-state index contributed by atoms with van der Waals surface area (Å²) in [4.78, 5) is 35.4. The molecular formula is C6H11NO8P2. The number of hydrogen-bond donors (Lipinski definition) is 5. The molecule has 0 bridgehead atoms. The Labute approximate surface area is 95.4 Å². The average molecular weight is 287 g/mol. The van der Waals surface area contributed by atoms with Gasteiger partial charge in [0.05, 0.1) is 12.1 Å². The van der Waals surface area contributed by atoms with Crippen LogP contribution in [0.2, 0.25) is 0 Å². The highest BCUT2D eigenvalue weighted by Crippen LogP contribution is 2.68. The van der Waals surface area contributed by atoms with Crippen LogP contribution in [0.4, 0.5) is 0 Å². The average Bonchev–Trinajstić information content (AvgIpc) is 2.47. The molecule has 0 aromatic carbocycles. The summed E-state index contributed by atoms with van der Waals surface area (Å²) in [5.74, 6) is -0.239. The van der Waals surface area contributed by atoms with Crippen LogP contribution < -0.4 is 0 Å². The van der Waals surface area contributed by atoms with E-state index in [9.17, 15) is 14.2 Å². The molecule has 98 valence electrons. The Morgan fingerprint density at radius 1 is 1.29 bits per heavy atom. The standard InChI is InChI=1S/C6H11NO8P2/c1-4-2-5(15-7-4)3-6(8,16(9,10)11)17(12,13)14/h2,8H,3H2,1H3,(H2,9,10,11)(H2,12,13,14). The van der Waals surface area contributed by atoms with Crippen molar-refractivity contribution in [2.24, 2.45) is 0 Å². The molecule has 0 atom stereocenters. The van der Waals surface area contributed by atoms with Gasteiger partial charge in [0, 0.05) is 6.07 Å². The minimum atomic E-state index is -5.46. The van der Waals surface area contributed by atoms with E-state index in [2.05, 4.69) is 9.68 Å². The normalized spacial score (nSPS) is 14.0. The number of hydrogen-bond acceptors (Lipinski definition) is 5. The number of aliphatic hydroxyl groups is 1. The van der Waals surface area contributed by atoms with Crippen molar-refractivity contribution in [3.8, 4) is 0 Å². The zero-order valence-corrected chi connectivity index (χ0v) is 10.4. The molecule has 1 aromatic rings. The largest absolute Gasteiger partial charge is 0.369 e. The van der Waals surface area contributed by atoms with Crippen LogP contribution in [-0.2, 0) is 15.6 Å². The highest BCUT2D eigenvalue weighted by molar-refractivity contribution is 7.72. The maximum Gasteiger partial charge on any atom is 0.369 e. The lowest BCUT2D eigenvalue weighted by atomic mass is 10.3. The molecule has 1 aromatic heterocycles. The monoisotopic (exact) mass is 287 g/mol. The summed E-state index contributed by atoms with van der Waals surface area (Å²) in [6.07, 6.45) is -1.04. The maximum absolute atomic E-state index is 11.0. The molecule has 0 aliphatic heterocycles. The first kappa shape index (κ1) is 14.5. The summed E-state index contributed by atoms with van der Waals surface area (Å²) >= 11 is 0. The van der Waals surface area contributed by atoms with Crippen LogP contribution in [0.15, 0.2) is 10.6 Å². The molecule has 0 fully saturated rings. The lowest BCUT2D eigenvalue weighted by molar-refractivity contribution is 0.123. The third-order valence-electron chi connectivity index (χ3n) is 2.02.